The standard InChI is InChI=1S/C27H21Br2N3O5/c1-16-4-3-5-21(10-16)31-24(33)15-37-25-22(28)12-17(13-23(25)29)11-19(14-30)26(34)32-20-8-6-18(7-9-20)27(35)36-2/h3-13H,15H2,1-2H3,(H,31,33)(H,32,34)/b19-11-. The first-order chi connectivity index (χ1) is 17.7. The number of nitriles is 1. The van der Waals surface area contributed by atoms with Gasteiger partial charge in [-0.3, -0.25) is 9.59 Å². The highest BCUT2D eigenvalue weighted by molar-refractivity contribution is 9.11. The fraction of sp³-hybridized carbons (Fsp3) is 0.111. The normalized spacial score (nSPS) is 10.7. The van der Waals surface area contributed by atoms with Gasteiger partial charge in [0.2, 0.25) is 0 Å². The smallest absolute Gasteiger partial charge is 0.337 e. The Bertz CT molecular complexity index is 1390. The number of aryl methyl sites for hydroxylation is 1. The van der Waals surface area contributed by atoms with Gasteiger partial charge in [0.1, 0.15) is 17.4 Å². The third-order valence-corrected chi connectivity index (χ3v) is 6.09. The van der Waals surface area contributed by atoms with E-state index in [0.717, 1.165) is 5.56 Å². The summed E-state index contributed by atoms with van der Waals surface area (Å²) in [6.07, 6.45) is 1.42. The SMILES string of the molecule is COC(=O)c1ccc(NC(=O)/C(C#N)=C\c2cc(Br)c(OCC(=O)Nc3cccc(C)c3)c(Br)c2)cc1. The lowest BCUT2D eigenvalue weighted by atomic mass is 10.1. The molecule has 3 rings (SSSR count). The summed E-state index contributed by atoms with van der Waals surface area (Å²) < 4.78 is 11.4. The summed E-state index contributed by atoms with van der Waals surface area (Å²) in [6, 6.07) is 18.7. The van der Waals surface area contributed by atoms with Crippen molar-refractivity contribution in [3.8, 4) is 11.8 Å². The van der Waals surface area contributed by atoms with E-state index in [0.29, 0.717) is 37.2 Å². The van der Waals surface area contributed by atoms with Crippen molar-refractivity contribution >= 4 is 67.1 Å². The van der Waals surface area contributed by atoms with Crippen molar-refractivity contribution in [3.05, 3.63) is 91.9 Å². The van der Waals surface area contributed by atoms with Crippen LogP contribution in [0.3, 0.4) is 0 Å². The highest BCUT2D eigenvalue weighted by Gasteiger charge is 2.14. The molecule has 0 atom stereocenters. The molecule has 0 radical (unpaired) electrons. The zero-order chi connectivity index (χ0) is 26.9. The quantitative estimate of drug-likeness (QED) is 0.183. The van der Waals surface area contributed by atoms with Gasteiger partial charge in [0, 0.05) is 11.4 Å². The summed E-state index contributed by atoms with van der Waals surface area (Å²) in [5.41, 5.74) is 2.85. The largest absolute Gasteiger partial charge is 0.481 e. The maximum Gasteiger partial charge on any atom is 0.337 e. The second-order valence-electron chi connectivity index (χ2n) is 7.71. The summed E-state index contributed by atoms with van der Waals surface area (Å²) in [7, 11) is 1.28. The van der Waals surface area contributed by atoms with Crippen LogP contribution in [-0.4, -0.2) is 31.5 Å². The third kappa shape index (κ3) is 7.77. The van der Waals surface area contributed by atoms with Crippen molar-refractivity contribution in [2.24, 2.45) is 0 Å². The summed E-state index contributed by atoms with van der Waals surface area (Å²) in [4.78, 5) is 36.5. The molecule has 188 valence electrons. The number of nitrogens with one attached hydrogen (secondary N) is 2. The van der Waals surface area contributed by atoms with Gasteiger partial charge >= 0.3 is 5.97 Å². The minimum atomic E-state index is -0.617. The van der Waals surface area contributed by atoms with Crippen LogP contribution in [0.25, 0.3) is 6.08 Å². The molecule has 0 aliphatic rings. The van der Waals surface area contributed by atoms with Gasteiger partial charge in [-0.25, -0.2) is 4.79 Å². The minimum absolute atomic E-state index is 0.137. The Balaban J connectivity index is 1.68. The van der Waals surface area contributed by atoms with Gasteiger partial charge in [-0.05, 0) is 105 Å². The number of ether oxygens (including phenoxy) is 2. The first-order valence-electron chi connectivity index (χ1n) is 10.8. The molecule has 3 aromatic rings. The number of methoxy groups -OCH3 is 1. The zero-order valence-corrected chi connectivity index (χ0v) is 23.0. The van der Waals surface area contributed by atoms with Crippen LogP contribution in [-0.2, 0) is 14.3 Å². The first-order valence-corrected chi connectivity index (χ1v) is 12.4. The van der Waals surface area contributed by atoms with Crippen LogP contribution in [0.2, 0.25) is 0 Å². The van der Waals surface area contributed by atoms with Crippen LogP contribution in [0.1, 0.15) is 21.5 Å². The van der Waals surface area contributed by atoms with Crippen molar-refractivity contribution in [3.63, 3.8) is 0 Å². The molecule has 0 aliphatic heterocycles. The van der Waals surface area contributed by atoms with E-state index in [9.17, 15) is 19.6 Å². The average Bonchev–Trinajstić information content (AvgIpc) is 2.86. The van der Waals surface area contributed by atoms with Gasteiger partial charge in [0.25, 0.3) is 11.8 Å². The molecule has 0 aliphatic carbocycles. The molecule has 0 saturated heterocycles. The maximum absolute atomic E-state index is 12.6. The van der Waals surface area contributed by atoms with Gasteiger partial charge in [-0.1, -0.05) is 12.1 Å². The number of carbonyl (C=O) groups excluding carboxylic acids is 3. The number of benzene rings is 3. The van der Waals surface area contributed by atoms with Crippen molar-refractivity contribution in [1.82, 2.24) is 0 Å². The molecule has 2 N–H and O–H groups in total. The number of hydrogen-bond acceptors (Lipinski definition) is 6. The average molecular weight is 627 g/mol. The molecule has 3 aromatic carbocycles. The topological polar surface area (TPSA) is 118 Å². The summed E-state index contributed by atoms with van der Waals surface area (Å²) in [6.45, 7) is 1.71. The molecule has 0 spiro atoms. The highest BCUT2D eigenvalue weighted by Crippen LogP contribution is 2.35. The second-order valence-corrected chi connectivity index (χ2v) is 9.42. The molecule has 8 nitrogen and oxygen atoms in total. The van der Waals surface area contributed by atoms with Gasteiger partial charge in [0.05, 0.1) is 21.6 Å². The molecule has 0 aromatic heterocycles. The van der Waals surface area contributed by atoms with Crippen LogP contribution in [0.4, 0.5) is 11.4 Å². The number of anilines is 2. The van der Waals surface area contributed by atoms with Crippen molar-refractivity contribution in [2.45, 2.75) is 6.92 Å². The molecule has 37 heavy (non-hydrogen) atoms. The summed E-state index contributed by atoms with van der Waals surface area (Å²) in [5.74, 6) is -1.04. The minimum Gasteiger partial charge on any atom is -0.481 e. The van der Waals surface area contributed by atoms with Crippen LogP contribution >= 0.6 is 31.9 Å². The number of carbonyl (C=O) groups is 3. The van der Waals surface area contributed by atoms with E-state index < -0.39 is 11.9 Å². The van der Waals surface area contributed by atoms with Gasteiger partial charge in [-0.2, -0.15) is 5.26 Å². The van der Waals surface area contributed by atoms with E-state index in [1.165, 1.54) is 37.5 Å². The molecule has 0 unspecified atom stereocenters. The number of halogens is 2. The lowest BCUT2D eigenvalue weighted by Crippen LogP contribution is -2.20. The predicted molar refractivity (Wildman–Crippen MR) is 147 cm³/mol. The second kappa shape index (κ2) is 12.9. The van der Waals surface area contributed by atoms with E-state index in [-0.39, 0.29) is 18.1 Å². The Morgan fingerprint density at radius 1 is 0.973 bits per heavy atom. The Morgan fingerprint density at radius 2 is 1.65 bits per heavy atom. The van der Waals surface area contributed by atoms with Crippen LogP contribution in [0.15, 0.2) is 75.2 Å². The van der Waals surface area contributed by atoms with Crippen LogP contribution < -0.4 is 15.4 Å². The Labute approximate surface area is 230 Å². The molecule has 0 heterocycles. The molecule has 0 fully saturated rings. The monoisotopic (exact) mass is 625 g/mol. The van der Waals surface area contributed by atoms with Gasteiger partial charge < -0.3 is 20.1 Å². The lowest BCUT2D eigenvalue weighted by Gasteiger charge is -2.12. The van der Waals surface area contributed by atoms with Gasteiger partial charge in [-0.15, -0.1) is 0 Å². The Hall–Kier alpha value is -3.94. The van der Waals surface area contributed by atoms with E-state index in [1.54, 1.807) is 18.2 Å². The lowest BCUT2D eigenvalue weighted by molar-refractivity contribution is -0.118. The number of rotatable bonds is 8. The van der Waals surface area contributed by atoms with E-state index in [1.807, 2.05) is 31.2 Å². The number of esters is 1. The first kappa shape index (κ1) is 27.6. The molecule has 10 heteroatoms. The molecule has 2 amide bonds. The highest BCUT2D eigenvalue weighted by atomic mass is 79.9. The number of nitrogens with zero attached hydrogens (tertiary/aromatic N) is 1. The fourth-order valence-electron chi connectivity index (χ4n) is 3.18. The van der Waals surface area contributed by atoms with Crippen molar-refractivity contribution < 1.29 is 23.9 Å². The molecular formula is C27H21Br2N3O5. The third-order valence-electron chi connectivity index (χ3n) is 4.91. The Kier molecular flexibility index (Phi) is 9.60. The summed E-state index contributed by atoms with van der Waals surface area (Å²) >= 11 is 6.83. The molecule has 0 bridgehead atoms. The number of hydrogen-bond donors (Lipinski definition) is 2. The molecule has 0 saturated carbocycles. The molecular weight excluding hydrogens is 606 g/mol. The summed E-state index contributed by atoms with van der Waals surface area (Å²) in [5, 5.41) is 14.9. The van der Waals surface area contributed by atoms with Gasteiger partial charge in [0.15, 0.2) is 6.61 Å². The Morgan fingerprint density at radius 3 is 2.24 bits per heavy atom. The zero-order valence-electron chi connectivity index (χ0n) is 19.8. The predicted octanol–water partition coefficient (Wildman–Crippen LogP) is 5.87. The maximum atomic E-state index is 12.6. The van der Waals surface area contributed by atoms with Crippen molar-refractivity contribution in [1.29, 1.82) is 5.26 Å². The van der Waals surface area contributed by atoms with E-state index in [4.69, 9.17) is 4.74 Å². The van der Waals surface area contributed by atoms with Crippen molar-refractivity contribution in [2.75, 3.05) is 24.4 Å². The fourth-order valence-corrected chi connectivity index (χ4v) is 4.63. The van der Waals surface area contributed by atoms with E-state index in [2.05, 4.69) is 47.2 Å². The van der Waals surface area contributed by atoms with Crippen LogP contribution in [0, 0.1) is 18.3 Å². The van der Waals surface area contributed by atoms with E-state index >= 15 is 0 Å². The van der Waals surface area contributed by atoms with Crippen LogP contribution in [0.5, 0.6) is 5.75 Å². The number of amides is 2.